The molecule has 9 nitrogen and oxygen atoms in total. The number of hydrazone groups is 2. The zero-order valence-corrected chi connectivity index (χ0v) is 12.0. The van der Waals surface area contributed by atoms with E-state index in [9.17, 15) is 9.59 Å². The Labute approximate surface area is 129 Å². The number of nitrogens with zero attached hydrogens (tertiary/aromatic N) is 2. The fraction of sp³-hybridized carbons (Fsp3) is 0.167. The van der Waals surface area contributed by atoms with Crippen molar-refractivity contribution in [2.75, 3.05) is 5.75 Å². The van der Waals surface area contributed by atoms with Gasteiger partial charge in [0.15, 0.2) is 5.04 Å². The Morgan fingerprint density at radius 2 is 2.18 bits per heavy atom. The highest BCUT2D eigenvalue weighted by atomic mass is 32.2. The summed E-state index contributed by atoms with van der Waals surface area (Å²) in [7, 11) is 0. The molecule has 116 valence electrons. The molecular formula is C12H13N5O4S. The largest absolute Gasteiger partial charge is 0.508 e. The third-order valence-electron chi connectivity index (χ3n) is 2.39. The van der Waals surface area contributed by atoms with E-state index in [1.807, 2.05) is 0 Å². The first-order chi connectivity index (χ1) is 10.5. The molecule has 0 saturated heterocycles. The van der Waals surface area contributed by atoms with Gasteiger partial charge in [-0.1, -0.05) is 11.8 Å². The number of phenolic OH excluding ortho intramolecular Hbond substituents is 1. The van der Waals surface area contributed by atoms with E-state index in [1.165, 1.54) is 18.3 Å². The van der Waals surface area contributed by atoms with Crippen LogP contribution in [0.1, 0.15) is 5.56 Å². The van der Waals surface area contributed by atoms with Gasteiger partial charge in [-0.05, 0) is 29.8 Å². The molecule has 0 saturated carbocycles. The van der Waals surface area contributed by atoms with Crippen molar-refractivity contribution in [2.24, 2.45) is 10.2 Å². The highest BCUT2D eigenvalue weighted by Crippen LogP contribution is 2.08. The van der Waals surface area contributed by atoms with Crippen molar-refractivity contribution in [2.45, 2.75) is 6.35 Å². The lowest BCUT2D eigenvalue weighted by Gasteiger charge is -2.18. The van der Waals surface area contributed by atoms with Crippen molar-refractivity contribution in [3.8, 4) is 5.75 Å². The number of nitrogens with one attached hydrogen (secondary N) is 3. The Morgan fingerprint density at radius 1 is 1.45 bits per heavy atom. The smallest absolute Gasteiger partial charge is 0.281 e. The van der Waals surface area contributed by atoms with Crippen LogP contribution in [0.2, 0.25) is 0 Å². The molecule has 10 heteroatoms. The summed E-state index contributed by atoms with van der Waals surface area (Å²) in [6, 6.07) is 6.27. The van der Waals surface area contributed by atoms with Crippen LogP contribution < -0.4 is 16.2 Å². The van der Waals surface area contributed by atoms with Crippen molar-refractivity contribution in [3.63, 3.8) is 0 Å². The maximum Gasteiger partial charge on any atom is 0.281 e. The molecule has 0 aromatic heterocycles. The SMILES string of the molecule is O=C(CSC1=NNC(O)NC1=O)N/N=C/c1ccc(O)cc1. The maximum atomic E-state index is 11.6. The Balaban J connectivity index is 1.76. The van der Waals surface area contributed by atoms with Gasteiger partial charge in [-0.3, -0.25) is 15.0 Å². The predicted molar refractivity (Wildman–Crippen MR) is 81.0 cm³/mol. The summed E-state index contributed by atoms with van der Waals surface area (Å²) in [6.07, 6.45) is 0.200. The van der Waals surface area contributed by atoms with Gasteiger partial charge in [0.25, 0.3) is 5.91 Å². The van der Waals surface area contributed by atoms with E-state index >= 15 is 0 Å². The molecule has 22 heavy (non-hydrogen) atoms. The van der Waals surface area contributed by atoms with Crippen LogP contribution in [0.25, 0.3) is 0 Å². The molecule has 0 bridgehead atoms. The summed E-state index contributed by atoms with van der Waals surface area (Å²) in [5.74, 6) is -0.891. The van der Waals surface area contributed by atoms with Crippen molar-refractivity contribution < 1.29 is 19.8 Å². The molecule has 1 atom stereocenters. The fourth-order valence-electron chi connectivity index (χ4n) is 1.39. The average Bonchev–Trinajstić information content (AvgIpc) is 2.48. The summed E-state index contributed by atoms with van der Waals surface area (Å²) in [4.78, 5) is 23.0. The van der Waals surface area contributed by atoms with Crippen molar-refractivity contribution in [3.05, 3.63) is 29.8 Å². The minimum atomic E-state index is -1.22. The third-order valence-corrected chi connectivity index (χ3v) is 3.34. The molecular weight excluding hydrogens is 310 g/mol. The van der Waals surface area contributed by atoms with Crippen LogP contribution in [0.3, 0.4) is 0 Å². The normalized spacial score (nSPS) is 17.6. The number of aliphatic hydroxyl groups is 1. The van der Waals surface area contributed by atoms with Gasteiger partial charge in [0.1, 0.15) is 5.75 Å². The van der Waals surface area contributed by atoms with E-state index in [2.05, 4.69) is 26.4 Å². The molecule has 1 heterocycles. The Bertz CT molecular complexity index is 616. The van der Waals surface area contributed by atoms with Crippen LogP contribution in [0, 0.1) is 0 Å². The number of phenols is 1. The van der Waals surface area contributed by atoms with Gasteiger partial charge in [-0.15, -0.1) is 0 Å². The molecule has 1 aliphatic heterocycles. The molecule has 1 aliphatic rings. The van der Waals surface area contributed by atoms with Gasteiger partial charge in [0.2, 0.25) is 12.3 Å². The number of carbonyl (C=O) groups is 2. The first-order valence-electron chi connectivity index (χ1n) is 6.10. The Kier molecular flexibility index (Phi) is 5.33. The van der Waals surface area contributed by atoms with Crippen LogP contribution >= 0.6 is 11.8 Å². The van der Waals surface area contributed by atoms with E-state index in [1.54, 1.807) is 12.1 Å². The number of thioether (sulfide) groups is 1. The van der Waals surface area contributed by atoms with E-state index in [-0.39, 0.29) is 16.5 Å². The highest BCUT2D eigenvalue weighted by molar-refractivity contribution is 8.16. The molecule has 1 unspecified atom stereocenters. The first kappa shape index (κ1) is 15.8. The van der Waals surface area contributed by atoms with Crippen LogP contribution in [-0.2, 0) is 9.59 Å². The fourth-order valence-corrected chi connectivity index (χ4v) is 2.03. The van der Waals surface area contributed by atoms with Gasteiger partial charge < -0.3 is 15.5 Å². The number of amides is 2. The topological polar surface area (TPSA) is 135 Å². The highest BCUT2D eigenvalue weighted by Gasteiger charge is 2.21. The molecule has 0 fully saturated rings. The Hall–Kier alpha value is -2.59. The number of carbonyl (C=O) groups excluding carboxylic acids is 2. The second-order valence-electron chi connectivity index (χ2n) is 4.10. The first-order valence-corrected chi connectivity index (χ1v) is 7.09. The number of rotatable bonds is 4. The number of hydrogen-bond donors (Lipinski definition) is 5. The predicted octanol–water partition coefficient (Wildman–Crippen LogP) is -1.12. The number of hydrogen-bond acceptors (Lipinski definition) is 8. The molecule has 5 N–H and O–H groups in total. The number of aliphatic hydroxyl groups excluding tert-OH is 1. The van der Waals surface area contributed by atoms with Crippen molar-refractivity contribution in [1.82, 2.24) is 16.2 Å². The summed E-state index contributed by atoms with van der Waals surface area (Å²) in [5, 5.41) is 27.8. The Morgan fingerprint density at radius 3 is 2.86 bits per heavy atom. The van der Waals surface area contributed by atoms with Gasteiger partial charge in [-0.2, -0.15) is 10.2 Å². The molecule has 0 aliphatic carbocycles. The molecule has 2 amide bonds. The summed E-state index contributed by atoms with van der Waals surface area (Å²) in [6.45, 7) is 0. The van der Waals surface area contributed by atoms with E-state index in [4.69, 9.17) is 10.2 Å². The average molecular weight is 323 g/mol. The molecule has 2 rings (SSSR count). The standard InChI is InChI=1S/C12H13N5O4S/c18-8-3-1-7(2-4-8)5-13-15-9(19)6-22-11-10(20)14-12(21)17-16-11/h1-5,12,17-18,21H,6H2,(H,14,20)(H,15,19)/b13-5+. The molecule has 0 radical (unpaired) electrons. The molecule has 1 aromatic rings. The van der Waals surface area contributed by atoms with E-state index in [0.29, 0.717) is 5.56 Å². The lowest BCUT2D eigenvalue weighted by molar-refractivity contribution is -0.119. The number of aromatic hydroxyl groups is 1. The van der Waals surface area contributed by atoms with Crippen LogP contribution in [0.15, 0.2) is 34.5 Å². The third kappa shape index (κ3) is 4.75. The van der Waals surface area contributed by atoms with Crippen LogP contribution in [0.4, 0.5) is 0 Å². The van der Waals surface area contributed by atoms with E-state index < -0.39 is 18.2 Å². The van der Waals surface area contributed by atoms with Gasteiger partial charge >= 0.3 is 0 Å². The van der Waals surface area contributed by atoms with E-state index in [0.717, 1.165) is 11.8 Å². The lowest BCUT2D eigenvalue weighted by Crippen LogP contribution is -2.50. The quantitative estimate of drug-likeness (QED) is 0.352. The van der Waals surface area contributed by atoms with Gasteiger partial charge in [-0.25, -0.2) is 5.43 Å². The van der Waals surface area contributed by atoms with Crippen LogP contribution in [-0.4, -0.2) is 45.4 Å². The van der Waals surface area contributed by atoms with Crippen molar-refractivity contribution in [1.29, 1.82) is 0 Å². The van der Waals surface area contributed by atoms with Crippen molar-refractivity contribution >= 4 is 34.8 Å². The summed E-state index contributed by atoms with van der Waals surface area (Å²) >= 11 is 0.909. The summed E-state index contributed by atoms with van der Waals surface area (Å²) < 4.78 is 0. The number of benzene rings is 1. The second-order valence-corrected chi connectivity index (χ2v) is 5.06. The zero-order chi connectivity index (χ0) is 15.9. The molecule has 0 spiro atoms. The zero-order valence-electron chi connectivity index (χ0n) is 11.2. The minimum absolute atomic E-state index is 0.0444. The van der Waals surface area contributed by atoms with Gasteiger partial charge in [0.05, 0.1) is 12.0 Å². The monoisotopic (exact) mass is 323 g/mol. The van der Waals surface area contributed by atoms with Gasteiger partial charge in [0, 0.05) is 0 Å². The lowest BCUT2D eigenvalue weighted by atomic mass is 10.2. The maximum absolute atomic E-state index is 11.6. The summed E-state index contributed by atoms with van der Waals surface area (Å²) in [5.41, 5.74) is 5.27. The minimum Gasteiger partial charge on any atom is -0.508 e. The second kappa shape index (κ2) is 7.43. The van der Waals surface area contributed by atoms with Crippen LogP contribution in [0.5, 0.6) is 5.75 Å². The molecule has 1 aromatic carbocycles.